The molecule has 8 unspecified atom stereocenters. The molecule has 8 atom stereocenters. The quantitative estimate of drug-likeness (QED) is 0.0196. The number of carbonyl (C=O) groups excluding carboxylic acids is 2. The molecule has 1 heterocycles. The first-order valence-corrected chi connectivity index (χ1v) is 28.6. The molecule has 0 radical (unpaired) electrons. The van der Waals surface area contributed by atoms with Crippen molar-refractivity contribution in [2.24, 2.45) is 0 Å². The second kappa shape index (κ2) is 46.2. The predicted molar refractivity (Wildman–Crippen MR) is 278 cm³/mol. The van der Waals surface area contributed by atoms with Crippen molar-refractivity contribution >= 4 is 11.9 Å². The zero-order chi connectivity index (χ0) is 49.7. The summed E-state index contributed by atoms with van der Waals surface area (Å²) in [5.74, 6) is -1.20. The third-order valence-electron chi connectivity index (χ3n) is 13.6. The first-order chi connectivity index (χ1) is 33.2. The van der Waals surface area contributed by atoms with Gasteiger partial charge in [-0.05, 0) is 51.4 Å². The summed E-state index contributed by atoms with van der Waals surface area (Å²) >= 11 is 0. The lowest BCUT2D eigenvalue weighted by Gasteiger charge is -2.41. The molecule has 0 aromatic heterocycles. The Morgan fingerprint density at radius 1 is 0.559 bits per heavy atom. The number of hydrogen-bond acceptors (Lipinski definition) is 10. The van der Waals surface area contributed by atoms with Crippen molar-refractivity contribution in [2.75, 3.05) is 13.2 Å². The van der Waals surface area contributed by atoms with Crippen LogP contribution in [0.4, 0.5) is 0 Å². The number of esters is 1. The average Bonchev–Trinajstić information content (AvgIpc) is 3.33. The molecule has 1 fully saturated rings. The van der Waals surface area contributed by atoms with Gasteiger partial charge >= 0.3 is 5.97 Å². The SMILES string of the molecule is CCCCCCCCC/C=C\CCCCC(O)C(=O)NC(COC1OC(CO)C(O)C(O)C1OC(=O)CCCCCCCCCCCCCCCCC)C(O)/C=C/CCCCCCCCCCC. The second-order valence-electron chi connectivity index (χ2n) is 20.0. The first-order valence-electron chi connectivity index (χ1n) is 28.6. The van der Waals surface area contributed by atoms with Gasteiger partial charge in [0, 0.05) is 6.42 Å². The number of carbonyl (C=O) groups is 2. The Bertz CT molecular complexity index is 1200. The fourth-order valence-electron chi connectivity index (χ4n) is 9.00. The normalized spacial score (nSPS) is 20.0. The molecule has 0 bridgehead atoms. The molecule has 11 heteroatoms. The Balaban J connectivity index is 2.73. The molecule has 0 saturated carbocycles. The standard InChI is InChI=1S/C57H107NO10/c1-4-7-10-13-16-19-22-24-25-27-30-33-36-39-42-45-52(62)68-55-54(64)53(63)51(46-59)67-57(55)66-47-48(49(60)43-40-37-34-31-28-21-18-15-12-9-6-3)58-56(65)50(61)44-41-38-35-32-29-26-23-20-17-14-11-8-5-2/h29,32,40,43,48-51,53-55,57,59-61,63-64H,4-28,30-31,33-39,41-42,44-47H2,1-3H3,(H,58,65)/b32-29-,43-40+. The van der Waals surface area contributed by atoms with E-state index in [1.54, 1.807) is 6.08 Å². The summed E-state index contributed by atoms with van der Waals surface area (Å²) in [5, 5.41) is 56.7. The topological polar surface area (TPSA) is 175 Å². The van der Waals surface area contributed by atoms with Crippen molar-refractivity contribution in [3.63, 3.8) is 0 Å². The van der Waals surface area contributed by atoms with Crippen LogP contribution in [0.2, 0.25) is 0 Å². The maximum absolute atomic E-state index is 13.3. The van der Waals surface area contributed by atoms with Gasteiger partial charge in [-0.2, -0.15) is 0 Å². The molecule has 0 aromatic carbocycles. The van der Waals surface area contributed by atoms with E-state index in [1.165, 1.54) is 161 Å². The van der Waals surface area contributed by atoms with Gasteiger partial charge in [-0.1, -0.05) is 231 Å². The van der Waals surface area contributed by atoms with Crippen LogP contribution >= 0.6 is 0 Å². The summed E-state index contributed by atoms with van der Waals surface area (Å²) in [4.78, 5) is 26.4. The van der Waals surface area contributed by atoms with Gasteiger partial charge in [0.2, 0.25) is 5.91 Å². The highest BCUT2D eigenvalue weighted by atomic mass is 16.7. The minimum atomic E-state index is -1.61. The number of aliphatic hydroxyl groups excluding tert-OH is 5. The van der Waals surface area contributed by atoms with Gasteiger partial charge in [0.1, 0.15) is 24.4 Å². The van der Waals surface area contributed by atoms with Gasteiger partial charge in [-0.3, -0.25) is 9.59 Å². The van der Waals surface area contributed by atoms with E-state index in [0.717, 1.165) is 57.8 Å². The van der Waals surface area contributed by atoms with Crippen molar-refractivity contribution in [1.29, 1.82) is 0 Å². The fraction of sp³-hybridized carbons (Fsp3) is 0.895. The van der Waals surface area contributed by atoms with Crippen LogP contribution in [0.3, 0.4) is 0 Å². The Kier molecular flexibility index (Phi) is 43.6. The lowest BCUT2D eigenvalue weighted by atomic mass is 9.99. The fourth-order valence-corrected chi connectivity index (χ4v) is 9.00. The molecular formula is C57H107NO10. The Morgan fingerprint density at radius 3 is 1.43 bits per heavy atom. The van der Waals surface area contributed by atoms with Crippen LogP contribution in [-0.2, 0) is 23.8 Å². The minimum Gasteiger partial charge on any atom is -0.454 e. The molecule has 1 aliphatic heterocycles. The summed E-state index contributed by atoms with van der Waals surface area (Å²) in [7, 11) is 0. The highest BCUT2D eigenvalue weighted by Crippen LogP contribution is 2.26. The molecule has 1 saturated heterocycles. The Labute approximate surface area is 416 Å². The number of rotatable bonds is 48. The zero-order valence-electron chi connectivity index (χ0n) is 44.0. The van der Waals surface area contributed by atoms with Crippen LogP contribution in [0.15, 0.2) is 24.3 Å². The lowest BCUT2D eigenvalue weighted by Crippen LogP contribution is -2.61. The summed E-state index contributed by atoms with van der Waals surface area (Å²) in [6, 6.07) is -1.03. The predicted octanol–water partition coefficient (Wildman–Crippen LogP) is 12.6. The van der Waals surface area contributed by atoms with Crippen molar-refractivity contribution < 1.29 is 49.3 Å². The number of allylic oxidation sites excluding steroid dienone is 3. The van der Waals surface area contributed by atoms with Gasteiger partial charge in [0.25, 0.3) is 0 Å². The molecular weight excluding hydrogens is 859 g/mol. The lowest BCUT2D eigenvalue weighted by molar-refractivity contribution is -0.305. The zero-order valence-corrected chi connectivity index (χ0v) is 44.0. The smallest absolute Gasteiger partial charge is 0.306 e. The highest BCUT2D eigenvalue weighted by molar-refractivity contribution is 5.80. The highest BCUT2D eigenvalue weighted by Gasteiger charge is 2.47. The van der Waals surface area contributed by atoms with E-state index in [1.807, 2.05) is 6.08 Å². The van der Waals surface area contributed by atoms with Crippen LogP contribution in [0.1, 0.15) is 265 Å². The van der Waals surface area contributed by atoms with E-state index in [4.69, 9.17) is 14.2 Å². The van der Waals surface area contributed by atoms with Gasteiger partial charge in [0.15, 0.2) is 12.4 Å². The molecule has 68 heavy (non-hydrogen) atoms. The number of ether oxygens (including phenoxy) is 3. The van der Waals surface area contributed by atoms with E-state index in [-0.39, 0.29) is 19.4 Å². The molecule has 400 valence electrons. The second-order valence-corrected chi connectivity index (χ2v) is 20.0. The average molecular weight is 966 g/mol. The van der Waals surface area contributed by atoms with Crippen LogP contribution in [-0.4, -0.2) is 99.6 Å². The maximum atomic E-state index is 13.3. The van der Waals surface area contributed by atoms with Gasteiger partial charge in [-0.25, -0.2) is 0 Å². The van der Waals surface area contributed by atoms with Gasteiger partial charge < -0.3 is 45.1 Å². The summed E-state index contributed by atoms with van der Waals surface area (Å²) in [5.41, 5.74) is 0. The Morgan fingerprint density at radius 2 is 0.971 bits per heavy atom. The van der Waals surface area contributed by atoms with E-state index in [0.29, 0.717) is 12.8 Å². The van der Waals surface area contributed by atoms with E-state index >= 15 is 0 Å². The van der Waals surface area contributed by atoms with Crippen molar-refractivity contribution in [2.45, 2.75) is 314 Å². The minimum absolute atomic E-state index is 0.127. The largest absolute Gasteiger partial charge is 0.454 e. The monoisotopic (exact) mass is 966 g/mol. The molecule has 1 amide bonds. The van der Waals surface area contributed by atoms with Crippen LogP contribution in [0, 0.1) is 0 Å². The summed E-state index contributed by atoms with van der Waals surface area (Å²) in [6.45, 7) is 5.76. The summed E-state index contributed by atoms with van der Waals surface area (Å²) < 4.78 is 17.6. The summed E-state index contributed by atoms with van der Waals surface area (Å²) in [6.07, 6.45) is 40.8. The van der Waals surface area contributed by atoms with Gasteiger partial charge in [-0.15, -0.1) is 0 Å². The van der Waals surface area contributed by atoms with Crippen LogP contribution < -0.4 is 5.32 Å². The number of hydrogen-bond donors (Lipinski definition) is 6. The number of unbranched alkanes of at least 4 members (excludes halogenated alkanes) is 32. The molecule has 11 nitrogen and oxygen atoms in total. The van der Waals surface area contributed by atoms with Crippen molar-refractivity contribution in [3.8, 4) is 0 Å². The number of nitrogens with one attached hydrogen (secondary N) is 1. The molecule has 0 spiro atoms. The molecule has 0 aliphatic carbocycles. The number of aliphatic hydroxyl groups is 5. The molecule has 1 aliphatic rings. The van der Waals surface area contributed by atoms with Crippen molar-refractivity contribution in [1.82, 2.24) is 5.32 Å². The number of amides is 1. The van der Waals surface area contributed by atoms with Gasteiger partial charge in [0.05, 0.1) is 25.4 Å². The third kappa shape index (κ3) is 34.5. The Hall–Kier alpha value is -1.86. The van der Waals surface area contributed by atoms with E-state index < -0.39 is 67.4 Å². The van der Waals surface area contributed by atoms with Crippen LogP contribution in [0.25, 0.3) is 0 Å². The van der Waals surface area contributed by atoms with E-state index in [9.17, 15) is 35.1 Å². The van der Waals surface area contributed by atoms with E-state index in [2.05, 4.69) is 38.2 Å². The van der Waals surface area contributed by atoms with Crippen molar-refractivity contribution in [3.05, 3.63) is 24.3 Å². The molecule has 6 N–H and O–H groups in total. The van der Waals surface area contributed by atoms with Crippen LogP contribution in [0.5, 0.6) is 0 Å². The third-order valence-corrected chi connectivity index (χ3v) is 13.6. The molecule has 1 rings (SSSR count). The first kappa shape index (κ1) is 64.2. The maximum Gasteiger partial charge on any atom is 0.306 e. The molecule has 0 aromatic rings.